The van der Waals surface area contributed by atoms with Crippen LogP contribution in [0, 0.1) is 18.6 Å². The highest BCUT2D eigenvalue weighted by molar-refractivity contribution is 5.89. The smallest absolute Gasteiger partial charge is 0.210 e. The van der Waals surface area contributed by atoms with Gasteiger partial charge in [0.15, 0.2) is 0 Å². The molecule has 1 saturated heterocycles. The zero-order chi connectivity index (χ0) is 24.3. The van der Waals surface area contributed by atoms with Crippen LogP contribution in [-0.4, -0.2) is 30.9 Å². The number of fused-ring (bicyclic) bond motifs is 1. The molecule has 2 fully saturated rings. The van der Waals surface area contributed by atoms with E-state index in [0.29, 0.717) is 42.4 Å². The number of hydrogen-bond donors (Lipinski definition) is 0. The van der Waals surface area contributed by atoms with Gasteiger partial charge in [-0.05, 0) is 44.7 Å². The first-order valence-corrected chi connectivity index (χ1v) is 11.9. The van der Waals surface area contributed by atoms with Crippen molar-refractivity contribution in [3.63, 3.8) is 0 Å². The van der Waals surface area contributed by atoms with Crippen LogP contribution in [0.25, 0.3) is 22.3 Å². The van der Waals surface area contributed by atoms with Crippen LogP contribution < -0.4 is 5.43 Å². The molecule has 6 rings (SSSR count). The number of halogens is 2. The molecule has 4 heterocycles. The van der Waals surface area contributed by atoms with Gasteiger partial charge in [-0.3, -0.25) is 9.48 Å². The highest BCUT2D eigenvalue weighted by Crippen LogP contribution is 2.40. The molecule has 1 aromatic carbocycles. The van der Waals surface area contributed by atoms with Crippen molar-refractivity contribution in [3.05, 3.63) is 75.6 Å². The lowest BCUT2D eigenvalue weighted by molar-refractivity contribution is 0.00397. The number of aryl methyl sites for hydroxylation is 2. The van der Waals surface area contributed by atoms with Crippen molar-refractivity contribution >= 4 is 11.0 Å². The summed E-state index contributed by atoms with van der Waals surface area (Å²) < 4.78 is 38.3. The van der Waals surface area contributed by atoms with E-state index in [-0.39, 0.29) is 34.2 Å². The number of pyridine rings is 1. The number of rotatable bonds is 4. The van der Waals surface area contributed by atoms with E-state index in [9.17, 15) is 13.6 Å². The Morgan fingerprint density at radius 3 is 2.71 bits per heavy atom. The number of ether oxygens (including phenoxy) is 1. The summed E-state index contributed by atoms with van der Waals surface area (Å²) in [6, 6.07) is 3.87. The van der Waals surface area contributed by atoms with Crippen molar-refractivity contribution in [1.82, 2.24) is 24.3 Å². The molecule has 0 N–H and O–H groups in total. The fourth-order valence-corrected chi connectivity index (χ4v) is 4.94. The van der Waals surface area contributed by atoms with E-state index in [4.69, 9.17) is 14.7 Å². The van der Waals surface area contributed by atoms with Gasteiger partial charge in [-0.25, -0.2) is 18.7 Å². The van der Waals surface area contributed by atoms with Crippen molar-refractivity contribution in [2.45, 2.75) is 50.7 Å². The molecule has 0 radical (unpaired) electrons. The van der Waals surface area contributed by atoms with Crippen LogP contribution in [0.1, 0.15) is 60.7 Å². The molecule has 7 nitrogen and oxygen atoms in total. The lowest BCUT2D eigenvalue weighted by atomic mass is 9.92. The van der Waals surface area contributed by atoms with Gasteiger partial charge in [-0.1, -0.05) is 0 Å². The molecular formula is C26H25F2N5O2. The summed E-state index contributed by atoms with van der Waals surface area (Å²) in [5.41, 5.74) is 2.40. The minimum absolute atomic E-state index is 0.0881. The average Bonchev–Trinajstić information content (AvgIpc) is 3.58. The van der Waals surface area contributed by atoms with Gasteiger partial charge in [0.05, 0.1) is 23.9 Å². The van der Waals surface area contributed by atoms with Crippen molar-refractivity contribution in [1.29, 1.82) is 0 Å². The Hall–Kier alpha value is -3.46. The van der Waals surface area contributed by atoms with Crippen LogP contribution >= 0.6 is 0 Å². The van der Waals surface area contributed by atoms with Crippen LogP contribution in [0.5, 0.6) is 0 Å². The van der Waals surface area contributed by atoms with Crippen LogP contribution in [0.3, 0.4) is 0 Å². The Balaban J connectivity index is 1.46. The Kier molecular flexibility index (Phi) is 5.25. The third-order valence-corrected chi connectivity index (χ3v) is 6.96. The van der Waals surface area contributed by atoms with Crippen molar-refractivity contribution in [3.8, 4) is 11.3 Å². The monoisotopic (exact) mass is 477 g/mol. The number of benzene rings is 1. The van der Waals surface area contributed by atoms with Gasteiger partial charge in [0.2, 0.25) is 5.43 Å². The molecule has 2 atom stereocenters. The fraction of sp³-hybridized carbons (Fsp3) is 0.385. The first kappa shape index (κ1) is 22.0. The number of nitrogens with zero attached hydrogens (tertiary/aromatic N) is 5. The molecule has 0 amide bonds. The molecule has 1 saturated carbocycles. The molecular weight excluding hydrogens is 452 g/mol. The summed E-state index contributed by atoms with van der Waals surface area (Å²) in [6.07, 6.45) is 9.02. The predicted octanol–water partition coefficient (Wildman–Crippen LogP) is 4.75. The quantitative estimate of drug-likeness (QED) is 0.424. The SMILES string of the molecule is Cc1cn(C)c2c(-c3ccc(F)cc3F)nc(C3CCOC(c4cnn(C5CC5)c4)C3)nc2c1=O. The molecule has 9 heteroatoms. The predicted molar refractivity (Wildman–Crippen MR) is 126 cm³/mol. The molecule has 35 heavy (non-hydrogen) atoms. The topological polar surface area (TPSA) is 74.8 Å². The number of hydrogen-bond acceptors (Lipinski definition) is 5. The van der Waals surface area contributed by atoms with Crippen LogP contribution in [-0.2, 0) is 11.8 Å². The van der Waals surface area contributed by atoms with Crippen molar-refractivity contribution in [2.75, 3.05) is 6.61 Å². The van der Waals surface area contributed by atoms with Gasteiger partial charge < -0.3 is 9.30 Å². The van der Waals surface area contributed by atoms with Gasteiger partial charge in [-0.15, -0.1) is 0 Å². The first-order chi connectivity index (χ1) is 16.9. The molecule has 3 aromatic heterocycles. The van der Waals surface area contributed by atoms with Crippen molar-refractivity contribution < 1.29 is 13.5 Å². The maximum Gasteiger partial charge on any atom is 0.210 e. The van der Waals surface area contributed by atoms with E-state index in [1.165, 1.54) is 12.1 Å². The second kappa shape index (κ2) is 8.34. The minimum Gasteiger partial charge on any atom is -0.373 e. The second-order valence-electron chi connectivity index (χ2n) is 9.57. The Morgan fingerprint density at radius 1 is 1.11 bits per heavy atom. The van der Waals surface area contributed by atoms with Gasteiger partial charge in [0.25, 0.3) is 0 Å². The summed E-state index contributed by atoms with van der Waals surface area (Å²) in [5.74, 6) is -1.02. The van der Waals surface area contributed by atoms with E-state index >= 15 is 0 Å². The summed E-state index contributed by atoms with van der Waals surface area (Å²) >= 11 is 0. The normalized spacial score (nSPS) is 20.5. The first-order valence-electron chi connectivity index (χ1n) is 11.9. The van der Waals surface area contributed by atoms with Gasteiger partial charge in [0, 0.05) is 54.7 Å². The summed E-state index contributed by atoms with van der Waals surface area (Å²) in [6.45, 7) is 2.24. The van der Waals surface area contributed by atoms with Crippen LogP contribution in [0.15, 0.2) is 41.6 Å². The Morgan fingerprint density at radius 2 is 1.94 bits per heavy atom. The van der Waals surface area contributed by atoms with Gasteiger partial charge in [0.1, 0.15) is 28.7 Å². The lowest BCUT2D eigenvalue weighted by Crippen LogP contribution is -2.22. The largest absolute Gasteiger partial charge is 0.373 e. The highest BCUT2D eigenvalue weighted by atomic mass is 19.1. The minimum atomic E-state index is -0.735. The van der Waals surface area contributed by atoms with E-state index in [1.807, 2.05) is 17.1 Å². The third-order valence-electron chi connectivity index (χ3n) is 6.96. The van der Waals surface area contributed by atoms with Gasteiger partial charge >= 0.3 is 0 Å². The lowest BCUT2D eigenvalue weighted by Gasteiger charge is -2.28. The van der Waals surface area contributed by atoms with Crippen LogP contribution in [0.4, 0.5) is 8.78 Å². The second-order valence-corrected chi connectivity index (χ2v) is 9.57. The van der Waals surface area contributed by atoms with E-state index < -0.39 is 11.6 Å². The standard InChI is InChI=1S/C26H25F2N5O2/c1-14-12-32(2)24-22(19-6-3-17(27)10-20(19)28)30-26(31-23(24)25(14)34)15-7-8-35-21(9-15)16-11-29-33(13-16)18-4-5-18/h3,6,10-13,15,18,21H,4-5,7-9H2,1-2H3. The average molecular weight is 478 g/mol. The van der Waals surface area contributed by atoms with Crippen LogP contribution in [0.2, 0.25) is 0 Å². The van der Waals surface area contributed by atoms with E-state index in [0.717, 1.165) is 24.5 Å². The summed E-state index contributed by atoms with van der Waals surface area (Å²) in [4.78, 5) is 22.6. The zero-order valence-electron chi connectivity index (χ0n) is 19.5. The Bertz CT molecular complexity index is 1510. The molecule has 1 aliphatic heterocycles. The maximum atomic E-state index is 14.9. The summed E-state index contributed by atoms with van der Waals surface area (Å²) in [5, 5.41) is 4.48. The van der Waals surface area contributed by atoms with Gasteiger partial charge in [-0.2, -0.15) is 5.10 Å². The van der Waals surface area contributed by atoms with Crippen molar-refractivity contribution in [2.24, 2.45) is 7.05 Å². The fourth-order valence-electron chi connectivity index (χ4n) is 4.94. The molecule has 180 valence electrons. The van der Waals surface area contributed by atoms with E-state index in [2.05, 4.69) is 5.10 Å². The molecule has 4 aromatic rings. The number of aromatic nitrogens is 5. The third kappa shape index (κ3) is 3.93. The van der Waals surface area contributed by atoms with E-state index in [1.54, 1.807) is 24.7 Å². The molecule has 0 bridgehead atoms. The zero-order valence-corrected chi connectivity index (χ0v) is 19.5. The maximum absolute atomic E-state index is 14.9. The molecule has 0 spiro atoms. The highest BCUT2D eigenvalue weighted by Gasteiger charge is 2.31. The summed E-state index contributed by atoms with van der Waals surface area (Å²) in [7, 11) is 1.77. The molecule has 2 aliphatic rings. The Labute approximate surface area is 200 Å². The molecule has 1 aliphatic carbocycles. The molecule has 2 unspecified atom stereocenters.